The van der Waals surface area contributed by atoms with Gasteiger partial charge in [-0.1, -0.05) is 30.3 Å². The monoisotopic (exact) mass is 279 g/mol. The molecule has 5 heteroatoms. The second-order valence-corrected chi connectivity index (χ2v) is 4.69. The second kappa shape index (κ2) is 5.20. The largest absolute Gasteiger partial charge is 0.311 e. The van der Waals surface area contributed by atoms with Crippen molar-refractivity contribution in [2.24, 2.45) is 0 Å². The van der Waals surface area contributed by atoms with Crippen molar-refractivity contribution in [3.05, 3.63) is 58.9 Å². The van der Waals surface area contributed by atoms with Crippen LogP contribution in [0, 0.1) is 0 Å². The normalized spacial score (nSPS) is 10.5. The van der Waals surface area contributed by atoms with Gasteiger partial charge in [-0.3, -0.25) is 9.59 Å². The molecule has 0 saturated heterocycles. The number of carbonyl (C=O) groups is 1. The molecule has 0 radical (unpaired) electrons. The van der Waals surface area contributed by atoms with Crippen molar-refractivity contribution in [1.29, 1.82) is 0 Å². The Balaban J connectivity index is 2.13. The number of nitrogens with one attached hydrogen (secondary N) is 2. The first-order chi connectivity index (χ1) is 10.1. The molecule has 0 unspecified atom stereocenters. The molecule has 0 atom stereocenters. The number of amides is 1. The molecule has 1 amide bonds. The van der Waals surface area contributed by atoms with Gasteiger partial charge in [-0.05, 0) is 23.8 Å². The number of pyridine rings is 2. The van der Waals surface area contributed by atoms with E-state index in [1.807, 2.05) is 36.4 Å². The predicted molar refractivity (Wildman–Crippen MR) is 82.1 cm³/mol. The maximum Gasteiger partial charge on any atom is 0.257 e. The van der Waals surface area contributed by atoms with Crippen molar-refractivity contribution >= 4 is 22.8 Å². The molecule has 0 saturated carbocycles. The van der Waals surface area contributed by atoms with Crippen LogP contribution in [0.2, 0.25) is 0 Å². The number of H-pyrrole nitrogens is 1. The number of fused-ring (bicyclic) bond motifs is 1. The smallest absolute Gasteiger partial charge is 0.257 e. The van der Waals surface area contributed by atoms with Crippen LogP contribution in [-0.4, -0.2) is 15.9 Å². The van der Waals surface area contributed by atoms with E-state index in [-0.39, 0.29) is 11.5 Å². The van der Waals surface area contributed by atoms with E-state index in [1.54, 1.807) is 12.1 Å². The van der Waals surface area contributed by atoms with Crippen molar-refractivity contribution in [2.45, 2.75) is 6.92 Å². The number of anilines is 1. The molecule has 2 heterocycles. The molecule has 0 aliphatic rings. The zero-order chi connectivity index (χ0) is 14.8. The zero-order valence-electron chi connectivity index (χ0n) is 11.4. The van der Waals surface area contributed by atoms with Crippen LogP contribution in [0.5, 0.6) is 0 Å². The van der Waals surface area contributed by atoms with Crippen molar-refractivity contribution in [3.63, 3.8) is 0 Å². The SMILES string of the molecule is CC(=O)Nc1ccc2cc(-c3ccccc3)c(=O)[nH]c2n1. The molecular formula is C16H13N3O2. The summed E-state index contributed by atoms with van der Waals surface area (Å²) in [5.74, 6) is 0.211. The Labute approximate surface area is 120 Å². The number of hydrogen-bond acceptors (Lipinski definition) is 3. The minimum Gasteiger partial charge on any atom is -0.311 e. The van der Waals surface area contributed by atoms with Gasteiger partial charge in [0.15, 0.2) is 0 Å². The number of nitrogens with zero attached hydrogens (tertiary/aromatic N) is 1. The molecule has 0 spiro atoms. The quantitative estimate of drug-likeness (QED) is 0.757. The average molecular weight is 279 g/mol. The van der Waals surface area contributed by atoms with Gasteiger partial charge in [-0.15, -0.1) is 0 Å². The van der Waals surface area contributed by atoms with Gasteiger partial charge in [-0.2, -0.15) is 0 Å². The molecule has 0 bridgehead atoms. The van der Waals surface area contributed by atoms with Gasteiger partial charge < -0.3 is 10.3 Å². The highest BCUT2D eigenvalue weighted by molar-refractivity contribution is 5.89. The highest BCUT2D eigenvalue weighted by Gasteiger charge is 2.07. The molecule has 0 aliphatic heterocycles. The summed E-state index contributed by atoms with van der Waals surface area (Å²) in [4.78, 5) is 30.2. The molecule has 104 valence electrons. The zero-order valence-corrected chi connectivity index (χ0v) is 11.4. The summed E-state index contributed by atoms with van der Waals surface area (Å²) < 4.78 is 0. The fourth-order valence-corrected chi connectivity index (χ4v) is 2.16. The van der Waals surface area contributed by atoms with Crippen LogP contribution < -0.4 is 10.9 Å². The molecular weight excluding hydrogens is 266 g/mol. The van der Waals surface area contributed by atoms with Crippen molar-refractivity contribution < 1.29 is 4.79 Å². The van der Waals surface area contributed by atoms with Gasteiger partial charge in [0.25, 0.3) is 5.56 Å². The van der Waals surface area contributed by atoms with Crippen LogP contribution in [0.1, 0.15) is 6.92 Å². The molecule has 5 nitrogen and oxygen atoms in total. The third-order valence-electron chi connectivity index (χ3n) is 3.09. The van der Waals surface area contributed by atoms with Crippen molar-refractivity contribution in [1.82, 2.24) is 9.97 Å². The average Bonchev–Trinajstić information content (AvgIpc) is 2.46. The lowest BCUT2D eigenvalue weighted by Crippen LogP contribution is -2.11. The minimum atomic E-state index is -0.207. The molecule has 1 aromatic carbocycles. The summed E-state index contributed by atoms with van der Waals surface area (Å²) in [6.45, 7) is 1.41. The van der Waals surface area contributed by atoms with E-state index >= 15 is 0 Å². The first-order valence-corrected chi connectivity index (χ1v) is 6.50. The lowest BCUT2D eigenvalue weighted by molar-refractivity contribution is -0.114. The van der Waals surface area contributed by atoms with Crippen molar-refractivity contribution in [2.75, 3.05) is 5.32 Å². The second-order valence-electron chi connectivity index (χ2n) is 4.69. The minimum absolute atomic E-state index is 0.204. The van der Waals surface area contributed by atoms with E-state index in [1.165, 1.54) is 6.92 Å². The maximum absolute atomic E-state index is 12.2. The lowest BCUT2D eigenvalue weighted by atomic mass is 10.1. The molecule has 3 aromatic rings. The van der Waals surface area contributed by atoms with Crippen LogP contribution in [0.25, 0.3) is 22.2 Å². The summed E-state index contributed by atoms with van der Waals surface area (Å²) in [7, 11) is 0. The van der Waals surface area contributed by atoms with Gasteiger partial charge in [0.05, 0.1) is 0 Å². The van der Waals surface area contributed by atoms with E-state index in [9.17, 15) is 9.59 Å². The van der Waals surface area contributed by atoms with E-state index < -0.39 is 0 Å². The van der Waals surface area contributed by atoms with Crippen LogP contribution in [0.15, 0.2) is 53.3 Å². The van der Waals surface area contributed by atoms with E-state index in [0.29, 0.717) is 17.0 Å². The third-order valence-corrected chi connectivity index (χ3v) is 3.09. The fourth-order valence-electron chi connectivity index (χ4n) is 2.16. The maximum atomic E-state index is 12.2. The fraction of sp³-hybridized carbons (Fsp3) is 0.0625. The first kappa shape index (κ1) is 13.1. The Hall–Kier alpha value is -2.95. The third kappa shape index (κ3) is 2.67. The van der Waals surface area contributed by atoms with Gasteiger partial charge in [-0.25, -0.2) is 4.98 Å². The van der Waals surface area contributed by atoms with Gasteiger partial charge in [0.1, 0.15) is 11.5 Å². The Kier molecular flexibility index (Phi) is 3.23. The molecule has 0 aliphatic carbocycles. The molecule has 0 fully saturated rings. The molecule has 2 N–H and O–H groups in total. The predicted octanol–water partition coefficient (Wildman–Crippen LogP) is 2.55. The summed E-state index contributed by atoms with van der Waals surface area (Å²) >= 11 is 0. The van der Waals surface area contributed by atoms with Crippen LogP contribution in [-0.2, 0) is 4.79 Å². The van der Waals surface area contributed by atoms with Crippen LogP contribution in [0.3, 0.4) is 0 Å². The Morgan fingerprint density at radius 1 is 1.14 bits per heavy atom. The number of aromatic nitrogens is 2. The summed E-state index contributed by atoms with van der Waals surface area (Å²) in [5, 5.41) is 3.40. The summed E-state index contributed by atoms with van der Waals surface area (Å²) in [5.41, 5.74) is 1.69. The highest BCUT2D eigenvalue weighted by Crippen LogP contribution is 2.19. The number of benzene rings is 1. The van der Waals surface area contributed by atoms with E-state index in [4.69, 9.17) is 0 Å². The lowest BCUT2D eigenvalue weighted by Gasteiger charge is -2.05. The Morgan fingerprint density at radius 2 is 1.90 bits per heavy atom. The Bertz CT molecular complexity index is 870. The molecule has 21 heavy (non-hydrogen) atoms. The van der Waals surface area contributed by atoms with Gasteiger partial charge >= 0.3 is 0 Å². The van der Waals surface area contributed by atoms with E-state index in [0.717, 1.165) is 10.9 Å². The number of hydrogen-bond donors (Lipinski definition) is 2. The number of rotatable bonds is 2. The highest BCUT2D eigenvalue weighted by atomic mass is 16.1. The Morgan fingerprint density at radius 3 is 2.62 bits per heavy atom. The van der Waals surface area contributed by atoms with Crippen molar-refractivity contribution in [3.8, 4) is 11.1 Å². The van der Waals surface area contributed by atoms with Gasteiger partial charge in [0, 0.05) is 17.9 Å². The topological polar surface area (TPSA) is 74.8 Å². The van der Waals surface area contributed by atoms with Crippen LogP contribution in [0.4, 0.5) is 5.82 Å². The standard InChI is InChI=1S/C16H13N3O2/c1-10(20)17-14-8-7-12-9-13(11-5-3-2-4-6-11)16(21)19-15(12)18-14/h2-9H,1H3,(H2,17,18,19,20,21). The summed E-state index contributed by atoms with van der Waals surface area (Å²) in [6.07, 6.45) is 0. The molecule has 3 rings (SSSR count). The summed E-state index contributed by atoms with van der Waals surface area (Å²) in [6, 6.07) is 14.8. The number of aromatic amines is 1. The van der Waals surface area contributed by atoms with E-state index in [2.05, 4.69) is 15.3 Å². The number of carbonyl (C=O) groups excluding carboxylic acids is 1. The van der Waals surface area contributed by atoms with Gasteiger partial charge in [0.2, 0.25) is 5.91 Å². The first-order valence-electron chi connectivity index (χ1n) is 6.50. The van der Waals surface area contributed by atoms with Crippen LogP contribution >= 0.6 is 0 Å². The molecule has 2 aromatic heterocycles.